The predicted molar refractivity (Wildman–Crippen MR) is 68.2 cm³/mol. The van der Waals surface area contributed by atoms with Crippen LogP contribution in [0.25, 0.3) is 10.9 Å². The van der Waals surface area contributed by atoms with Gasteiger partial charge < -0.3 is 10.1 Å². The van der Waals surface area contributed by atoms with Gasteiger partial charge in [-0.2, -0.15) is 0 Å². The van der Waals surface area contributed by atoms with Gasteiger partial charge in [0, 0.05) is 4.47 Å². The standard InChI is InChI=1S/C11H11BrN2O3/c1-6(15)5-14-10(16)8-4-7(12)2-3-9(8)13-11(14)17/h2-4,6,15H,5H2,1H3,(H,13,17). The lowest BCUT2D eigenvalue weighted by Gasteiger charge is -2.08. The van der Waals surface area contributed by atoms with Crippen LogP contribution in [0.15, 0.2) is 32.3 Å². The highest BCUT2D eigenvalue weighted by atomic mass is 79.9. The molecule has 2 rings (SSSR count). The molecule has 90 valence electrons. The van der Waals surface area contributed by atoms with Crippen molar-refractivity contribution in [2.75, 3.05) is 0 Å². The van der Waals surface area contributed by atoms with E-state index in [2.05, 4.69) is 20.9 Å². The summed E-state index contributed by atoms with van der Waals surface area (Å²) in [5.74, 6) is 0. The van der Waals surface area contributed by atoms with Crippen LogP contribution in [0.4, 0.5) is 0 Å². The Labute approximate surface area is 105 Å². The first-order valence-corrected chi connectivity index (χ1v) is 5.89. The molecule has 0 saturated heterocycles. The Morgan fingerprint density at radius 3 is 2.82 bits per heavy atom. The van der Waals surface area contributed by atoms with Crippen molar-refractivity contribution in [2.24, 2.45) is 0 Å². The molecule has 0 spiro atoms. The van der Waals surface area contributed by atoms with E-state index in [1.807, 2.05) is 0 Å². The molecule has 0 aliphatic rings. The van der Waals surface area contributed by atoms with Crippen molar-refractivity contribution in [2.45, 2.75) is 19.6 Å². The van der Waals surface area contributed by atoms with Gasteiger partial charge in [0.1, 0.15) is 0 Å². The van der Waals surface area contributed by atoms with Gasteiger partial charge in [-0.1, -0.05) is 15.9 Å². The number of hydrogen-bond donors (Lipinski definition) is 2. The zero-order valence-electron chi connectivity index (χ0n) is 9.11. The van der Waals surface area contributed by atoms with E-state index in [0.29, 0.717) is 10.9 Å². The molecule has 1 unspecified atom stereocenters. The molecule has 17 heavy (non-hydrogen) atoms. The predicted octanol–water partition coefficient (Wildman–Crippen LogP) is 0.833. The number of aliphatic hydroxyl groups is 1. The summed E-state index contributed by atoms with van der Waals surface area (Å²) >= 11 is 3.27. The summed E-state index contributed by atoms with van der Waals surface area (Å²) < 4.78 is 1.76. The first-order valence-electron chi connectivity index (χ1n) is 5.09. The second-order valence-electron chi connectivity index (χ2n) is 3.88. The minimum atomic E-state index is -0.751. The highest BCUT2D eigenvalue weighted by Crippen LogP contribution is 2.14. The van der Waals surface area contributed by atoms with Crippen LogP contribution in [-0.4, -0.2) is 20.8 Å². The van der Waals surface area contributed by atoms with Crippen LogP contribution < -0.4 is 11.2 Å². The molecule has 0 bridgehead atoms. The molecule has 2 N–H and O–H groups in total. The molecule has 0 aliphatic heterocycles. The Kier molecular flexibility index (Phi) is 3.17. The van der Waals surface area contributed by atoms with E-state index < -0.39 is 17.4 Å². The smallest absolute Gasteiger partial charge is 0.328 e. The zero-order chi connectivity index (χ0) is 12.6. The van der Waals surface area contributed by atoms with Gasteiger partial charge in [0.05, 0.1) is 23.6 Å². The summed E-state index contributed by atoms with van der Waals surface area (Å²) in [6.45, 7) is 1.51. The van der Waals surface area contributed by atoms with Crippen LogP contribution >= 0.6 is 15.9 Å². The highest BCUT2D eigenvalue weighted by Gasteiger charge is 2.09. The quantitative estimate of drug-likeness (QED) is 0.862. The molecular weight excluding hydrogens is 288 g/mol. The Bertz CT molecular complexity index is 672. The Morgan fingerprint density at radius 2 is 2.18 bits per heavy atom. The molecule has 1 aromatic carbocycles. The molecular formula is C11H11BrN2O3. The van der Waals surface area contributed by atoms with E-state index in [1.165, 1.54) is 6.92 Å². The van der Waals surface area contributed by atoms with Gasteiger partial charge in [-0.05, 0) is 25.1 Å². The lowest BCUT2D eigenvalue weighted by molar-refractivity contribution is 0.170. The molecule has 0 aliphatic carbocycles. The van der Waals surface area contributed by atoms with Gasteiger partial charge >= 0.3 is 5.69 Å². The summed E-state index contributed by atoms with van der Waals surface area (Å²) in [5, 5.41) is 9.68. The Morgan fingerprint density at radius 1 is 1.47 bits per heavy atom. The Balaban J connectivity index is 2.78. The summed E-state index contributed by atoms with van der Waals surface area (Å²) in [6, 6.07) is 5.05. The topological polar surface area (TPSA) is 75.1 Å². The third-order valence-corrected chi connectivity index (χ3v) is 2.88. The van der Waals surface area contributed by atoms with Crippen molar-refractivity contribution in [1.29, 1.82) is 0 Å². The van der Waals surface area contributed by atoms with E-state index in [9.17, 15) is 14.7 Å². The molecule has 0 saturated carbocycles. The molecule has 0 radical (unpaired) electrons. The largest absolute Gasteiger partial charge is 0.392 e. The molecule has 5 nitrogen and oxygen atoms in total. The van der Waals surface area contributed by atoms with Gasteiger partial charge in [-0.3, -0.25) is 9.36 Å². The minimum Gasteiger partial charge on any atom is -0.392 e. The number of aliphatic hydroxyl groups excluding tert-OH is 1. The number of nitrogens with zero attached hydrogens (tertiary/aromatic N) is 1. The fraction of sp³-hybridized carbons (Fsp3) is 0.273. The third-order valence-electron chi connectivity index (χ3n) is 2.39. The fourth-order valence-corrected chi connectivity index (χ4v) is 2.01. The van der Waals surface area contributed by atoms with Gasteiger partial charge in [-0.25, -0.2) is 4.79 Å². The second kappa shape index (κ2) is 4.46. The van der Waals surface area contributed by atoms with Crippen molar-refractivity contribution in [3.8, 4) is 0 Å². The maximum Gasteiger partial charge on any atom is 0.328 e. The van der Waals surface area contributed by atoms with Crippen LogP contribution in [-0.2, 0) is 6.54 Å². The van der Waals surface area contributed by atoms with E-state index in [-0.39, 0.29) is 6.54 Å². The summed E-state index contributed by atoms with van der Waals surface area (Å²) in [7, 11) is 0. The van der Waals surface area contributed by atoms with Crippen LogP contribution in [0, 0.1) is 0 Å². The maximum absolute atomic E-state index is 12.0. The number of rotatable bonds is 2. The summed E-state index contributed by atoms with van der Waals surface area (Å²) in [6.07, 6.45) is -0.751. The monoisotopic (exact) mass is 298 g/mol. The van der Waals surface area contributed by atoms with E-state index in [4.69, 9.17) is 0 Å². The number of aromatic amines is 1. The SMILES string of the molecule is CC(O)Cn1c(=O)[nH]c2ccc(Br)cc2c1=O. The number of fused-ring (bicyclic) bond motifs is 1. The van der Waals surface area contributed by atoms with Gasteiger partial charge in [0.15, 0.2) is 0 Å². The normalized spacial score (nSPS) is 12.9. The first-order chi connectivity index (χ1) is 7.99. The van der Waals surface area contributed by atoms with Crippen LogP contribution in [0.1, 0.15) is 6.92 Å². The molecule has 6 heteroatoms. The number of hydrogen-bond acceptors (Lipinski definition) is 3. The second-order valence-corrected chi connectivity index (χ2v) is 4.80. The van der Waals surface area contributed by atoms with E-state index >= 15 is 0 Å². The molecule has 0 fully saturated rings. The van der Waals surface area contributed by atoms with Crippen molar-refractivity contribution < 1.29 is 5.11 Å². The van der Waals surface area contributed by atoms with Crippen molar-refractivity contribution in [1.82, 2.24) is 9.55 Å². The molecule has 2 aromatic rings. The molecule has 1 aromatic heterocycles. The van der Waals surface area contributed by atoms with E-state index in [0.717, 1.165) is 9.04 Å². The molecule has 0 amide bonds. The summed E-state index contributed by atoms with van der Waals surface area (Å²) in [4.78, 5) is 26.3. The van der Waals surface area contributed by atoms with Crippen molar-refractivity contribution in [3.63, 3.8) is 0 Å². The maximum atomic E-state index is 12.0. The highest BCUT2D eigenvalue weighted by molar-refractivity contribution is 9.10. The molecule has 1 atom stereocenters. The third kappa shape index (κ3) is 2.32. The number of benzene rings is 1. The average molecular weight is 299 g/mol. The summed E-state index contributed by atoms with van der Waals surface area (Å²) in [5.41, 5.74) is -0.415. The zero-order valence-corrected chi connectivity index (χ0v) is 10.7. The minimum absolute atomic E-state index is 0.0172. The van der Waals surface area contributed by atoms with Crippen molar-refractivity contribution >= 4 is 26.8 Å². The average Bonchev–Trinajstić information content (AvgIpc) is 2.25. The van der Waals surface area contributed by atoms with Crippen LogP contribution in [0.5, 0.6) is 0 Å². The fourth-order valence-electron chi connectivity index (χ4n) is 1.65. The number of aromatic nitrogens is 2. The lowest BCUT2D eigenvalue weighted by Crippen LogP contribution is -2.37. The van der Waals surface area contributed by atoms with Gasteiger partial charge in [0.25, 0.3) is 5.56 Å². The van der Waals surface area contributed by atoms with Crippen LogP contribution in [0.2, 0.25) is 0 Å². The van der Waals surface area contributed by atoms with E-state index in [1.54, 1.807) is 18.2 Å². The number of nitrogens with one attached hydrogen (secondary N) is 1. The Hall–Kier alpha value is -1.40. The first kappa shape index (κ1) is 12.1. The lowest BCUT2D eigenvalue weighted by atomic mass is 10.2. The number of halogens is 1. The van der Waals surface area contributed by atoms with Gasteiger partial charge in [-0.15, -0.1) is 0 Å². The van der Waals surface area contributed by atoms with Crippen LogP contribution in [0.3, 0.4) is 0 Å². The molecule has 1 heterocycles. The van der Waals surface area contributed by atoms with Crippen molar-refractivity contribution in [3.05, 3.63) is 43.5 Å². The number of H-pyrrole nitrogens is 1. The van der Waals surface area contributed by atoms with Gasteiger partial charge in [0.2, 0.25) is 0 Å².